The Labute approximate surface area is 82.7 Å². The molecule has 2 rings (SSSR count). The molecule has 72 valence electrons. The van der Waals surface area contributed by atoms with Crippen molar-refractivity contribution in [2.75, 3.05) is 0 Å². The Kier molecular flexibility index (Phi) is 2.60. The van der Waals surface area contributed by atoms with Crippen molar-refractivity contribution >= 4 is 0 Å². The molecule has 0 aliphatic carbocycles. The molecule has 1 aromatic carbocycles. The van der Waals surface area contributed by atoms with Gasteiger partial charge in [0.2, 0.25) is 0 Å². The van der Waals surface area contributed by atoms with Crippen molar-refractivity contribution in [3.63, 3.8) is 0 Å². The topological polar surface area (TPSA) is 38.0 Å². The summed E-state index contributed by atoms with van der Waals surface area (Å²) in [7, 11) is 0. The highest BCUT2D eigenvalue weighted by Crippen LogP contribution is 2.13. The molecule has 1 unspecified atom stereocenters. The standard InChI is InChI=1S/C11H12N2O/c14-11(8-13-7-6-12-9-13)10-4-2-1-3-5-10/h1-7,9,11,14H,8H2. The Morgan fingerprint density at radius 1 is 1.29 bits per heavy atom. The summed E-state index contributed by atoms with van der Waals surface area (Å²) in [5.41, 5.74) is 0.932. The van der Waals surface area contributed by atoms with E-state index in [0.29, 0.717) is 6.54 Å². The Morgan fingerprint density at radius 2 is 2.07 bits per heavy atom. The maximum absolute atomic E-state index is 9.84. The van der Waals surface area contributed by atoms with Crippen LogP contribution >= 0.6 is 0 Å². The fourth-order valence-electron chi connectivity index (χ4n) is 1.38. The first-order valence-corrected chi connectivity index (χ1v) is 4.55. The number of benzene rings is 1. The molecule has 0 aliphatic rings. The molecule has 0 aliphatic heterocycles. The van der Waals surface area contributed by atoms with Gasteiger partial charge in [-0.25, -0.2) is 4.98 Å². The van der Waals surface area contributed by atoms with Crippen LogP contribution in [0.2, 0.25) is 0 Å². The zero-order valence-electron chi connectivity index (χ0n) is 7.74. The highest BCUT2D eigenvalue weighted by molar-refractivity contribution is 5.17. The fourth-order valence-corrected chi connectivity index (χ4v) is 1.38. The van der Waals surface area contributed by atoms with Crippen LogP contribution in [0.1, 0.15) is 11.7 Å². The van der Waals surface area contributed by atoms with Gasteiger partial charge < -0.3 is 9.67 Å². The first-order chi connectivity index (χ1) is 6.86. The summed E-state index contributed by atoms with van der Waals surface area (Å²) in [6.45, 7) is 0.546. The van der Waals surface area contributed by atoms with Gasteiger partial charge in [0.25, 0.3) is 0 Å². The molecule has 0 fully saturated rings. The van der Waals surface area contributed by atoms with Crippen LogP contribution in [0.3, 0.4) is 0 Å². The van der Waals surface area contributed by atoms with Gasteiger partial charge in [0, 0.05) is 12.4 Å². The van der Waals surface area contributed by atoms with Crippen LogP contribution < -0.4 is 0 Å². The highest BCUT2D eigenvalue weighted by Gasteiger charge is 2.06. The summed E-state index contributed by atoms with van der Waals surface area (Å²) in [6, 6.07) is 9.62. The minimum atomic E-state index is -0.467. The molecule has 0 saturated heterocycles. The first-order valence-electron chi connectivity index (χ1n) is 4.55. The van der Waals surface area contributed by atoms with Crippen molar-refractivity contribution < 1.29 is 5.11 Å². The monoisotopic (exact) mass is 188 g/mol. The zero-order valence-corrected chi connectivity index (χ0v) is 7.74. The van der Waals surface area contributed by atoms with E-state index in [1.165, 1.54) is 0 Å². The summed E-state index contributed by atoms with van der Waals surface area (Å²) < 4.78 is 1.86. The molecule has 0 spiro atoms. The van der Waals surface area contributed by atoms with Crippen LogP contribution in [0.4, 0.5) is 0 Å². The van der Waals surface area contributed by atoms with Crippen molar-refractivity contribution in [2.45, 2.75) is 12.6 Å². The Morgan fingerprint density at radius 3 is 2.71 bits per heavy atom. The molecule has 3 heteroatoms. The number of nitrogens with zero attached hydrogens (tertiary/aromatic N) is 2. The lowest BCUT2D eigenvalue weighted by molar-refractivity contribution is 0.156. The van der Waals surface area contributed by atoms with E-state index in [9.17, 15) is 5.11 Å². The van der Waals surface area contributed by atoms with Crippen molar-refractivity contribution in [1.82, 2.24) is 9.55 Å². The molecule has 0 saturated carbocycles. The molecule has 0 amide bonds. The number of rotatable bonds is 3. The summed E-state index contributed by atoms with van der Waals surface area (Å²) in [4.78, 5) is 3.92. The van der Waals surface area contributed by atoms with Crippen molar-refractivity contribution in [3.05, 3.63) is 54.6 Å². The Bertz CT molecular complexity index is 369. The van der Waals surface area contributed by atoms with Crippen molar-refractivity contribution in [1.29, 1.82) is 0 Å². The molecule has 3 nitrogen and oxygen atoms in total. The maximum atomic E-state index is 9.84. The number of hydrogen-bond donors (Lipinski definition) is 1. The van der Waals surface area contributed by atoms with Gasteiger partial charge in [0.15, 0.2) is 0 Å². The van der Waals surface area contributed by atoms with Gasteiger partial charge in [-0.05, 0) is 5.56 Å². The van der Waals surface area contributed by atoms with Gasteiger partial charge in [-0.3, -0.25) is 0 Å². The third-order valence-corrected chi connectivity index (χ3v) is 2.13. The van der Waals surface area contributed by atoms with Gasteiger partial charge in [-0.15, -0.1) is 0 Å². The van der Waals surface area contributed by atoms with Crippen LogP contribution in [0, 0.1) is 0 Å². The molecule has 0 bridgehead atoms. The summed E-state index contributed by atoms with van der Waals surface area (Å²) in [6.07, 6.45) is 4.78. The molecule has 1 aromatic heterocycles. The molecule has 1 atom stereocenters. The van der Waals surface area contributed by atoms with Crippen molar-refractivity contribution in [3.8, 4) is 0 Å². The minimum absolute atomic E-state index is 0.467. The lowest BCUT2D eigenvalue weighted by Crippen LogP contribution is -2.06. The molecule has 2 aromatic rings. The minimum Gasteiger partial charge on any atom is -0.387 e. The third-order valence-electron chi connectivity index (χ3n) is 2.13. The van der Waals surface area contributed by atoms with Gasteiger partial charge in [0.05, 0.1) is 19.0 Å². The van der Waals surface area contributed by atoms with E-state index in [2.05, 4.69) is 4.98 Å². The van der Waals surface area contributed by atoms with Gasteiger partial charge in [-0.1, -0.05) is 30.3 Å². The molecule has 1 heterocycles. The second-order valence-corrected chi connectivity index (χ2v) is 3.19. The van der Waals surface area contributed by atoms with Crippen LogP contribution in [0.25, 0.3) is 0 Å². The summed E-state index contributed by atoms with van der Waals surface area (Å²) in [5.74, 6) is 0. The third kappa shape index (κ3) is 2.00. The maximum Gasteiger partial charge on any atom is 0.0969 e. The van der Waals surface area contributed by atoms with Crippen LogP contribution in [-0.2, 0) is 6.54 Å². The predicted octanol–water partition coefficient (Wildman–Crippen LogP) is 1.62. The molecule has 1 N–H and O–H groups in total. The normalized spacial score (nSPS) is 12.6. The second-order valence-electron chi connectivity index (χ2n) is 3.19. The summed E-state index contributed by atoms with van der Waals surface area (Å²) in [5, 5.41) is 9.84. The fraction of sp³-hybridized carbons (Fsp3) is 0.182. The lowest BCUT2D eigenvalue weighted by atomic mass is 10.1. The predicted molar refractivity (Wildman–Crippen MR) is 53.6 cm³/mol. The largest absolute Gasteiger partial charge is 0.387 e. The van der Waals surface area contributed by atoms with E-state index < -0.39 is 6.10 Å². The molecular weight excluding hydrogens is 176 g/mol. The van der Waals surface area contributed by atoms with E-state index in [-0.39, 0.29) is 0 Å². The second kappa shape index (κ2) is 4.07. The van der Waals surface area contributed by atoms with E-state index in [4.69, 9.17) is 0 Å². The van der Waals surface area contributed by atoms with Crippen molar-refractivity contribution in [2.24, 2.45) is 0 Å². The van der Waals surface area contributed by atoms with E-state index in [1.807, 2.05) is 41.1 Å². The quantitative estimate of drug-likeness (QED) is 0.794. The van der Waals surface area contributed by atoms with Crippen LogP contribution in [0.15, 0.2) is 49.1 Å². The SMILES string of the molecule is OC(Cn1ccnc1)c1ccccc1. The Balaban J connectivity index is 2.07. The zero-order chi connectivity index (χ0) is 9.80. The molecule has 14 heavy (non-hydrogen) atoms. The average molecular weight is 188 g/mol. The van der Waals surface area contributed by atoms with E-state index in [0.717, 1.165) is 5.56 Å². The smallest absolute Gasteiger partial charge is 0.0969 e. The number of aliphatic hydroxyl groups excluding tert-OH is 1. The van der Waals surface area contributed by atoms with E-state index >= 15 is 0 Å². The number of hydrogen-bond acceptors (Lipinski definition) is 2. The van der Waals surface area contributed by atoms with E-state index in [1.54, 1.807) is 12.5 Å². The van der Waals surface area contributed by atoms with Gasteiger partial charge >= 0.3 is 0 Å². The highest BCUT2D eigenvalue weighted by atomic mass is 16.3. The average Bonchev–Trinajstić information content (AvgIpc) is 2.72. The van der Waals surface area contributed by atoms with Crippen LogP contribution in [-0.4, -0.2) is 14.7 Å². The number of imidazole rings is 1. The number of aromatic nitrogens is 2. The summed E-state index contributed by atoms with van der Waals surface area (Å²) >= 11 is 0. The first kappa shape index (κ1) is 8.97. The Hall–Kier alpha value is -1.61. The molecule has 0 radical (unpaired) electrons. The van der Waals surface area contributed by atoms with Gasteiger partial charge in [-0.2, -0.15) is 0 Å². The lowest BCUT2D eigenvalue weighted by Gasteiger charge is -2.10. The van der Waals surface area contributed by atoms with Gasteiger partial charge in [0.1, 0.15) is 0 Å². The van der Waals surface area contributed by atoms with Crippen LogP contribution in [0.5, 0.6) is 0 Å². The number of aliphatic hydroxyl groups is 1. The molecular formula is C11H12N2O.